The van der Waals surface area contributed by atoms with Crippen LogP contribution in [0.25, 0.3) is 0 Å². The van der Waals surface area contributed by atoms with Gasteiger partial charge >= 0.3 is 5.97 Å². The van der Waals surface area contributed by atoms with Gasteiger partial charge in [0.15, 0.2) is 0 Å². The zero-order valence-electron chi connectivity index (χ0n) is 11.6. The molecule has 3 N–H and O–H groups in total. The molecule has 1 aliphatic rings. The number of carbonyl (C=O) groups is 1. The second kappa shape index (κ2) is 5.63. The molecule has 2 rings (SSSR count). The van der Waals surface area contributed by atoms with Crippen molar-refractivity contribution in [2.45, 2.75) is 43.4 Å². The van der Waals surface area contributed by atoms with E-state index in [2.05, 4.69) is 0 Å². The van der Waals surface area contributed by atoms with E-state index in [0.29, 0.717) is 12.2 Å². The van der Waals surface area contributed by atoms with Crippen molar-refractivity contribution in [3.05, 3.63) is 23.8 Å². The van der Waals surface area contributed by atoms with E-state index in [1.54, 1.807) is 6.07 Å². The van der Waals surface area contributed by atoms with Crippen LogP contribution in [0.2, 0.25) is 0 Å². The number of hydrogen-bond acceptors (Lipinski definition) is 5. The van der Waals surface area contributed by atoms with E-state index < -0.39 is 28.1 Å². The van der Waals surface area contributed by atoms with Gasteiger partial charge in [0, 0.05) is 6.42 Å². The zero-order chi connectivity index (χ0) is 15.8. The number of aliphatic hydroxyl groups is 1. The third-order valence-electron chi connectivity index (χ3n) is 3.21. The highest BCUT2D eigenvalue weighted by atomic mass is 32.2. The first-order valence-corrected chi connectivity index (χ1v) is 7.92. The van der Waals surface area contributed by atoms with Crippen LogP contribution in [-0.4, -0.2) is 42.8 Å². The minimum atomic E-state index is -4.03. The highest BCUT2D eigenvalue weighted by molar-refractivity contribution is 7.89. The van der Waals surface area contributed by atoms with Crippen LogP contribution in [0.1, 0.15) is 19.4 Å². The molecule has 0 aliphatic carbocycles. The molecule has 0 saturated carbocycles. The zero-order valence-corrected chi connectivity index (χ0v) is 12.4. The fraction of sp³-hybridized carbons (Fsp3) is 0.462. The van der Waals surface area contributed by atoms with Crippen molar-refractivity contribution < 1.29 is 28.2 Å². The van der Waals surface area contributed by atoms with E-state index in [1.807, 2.05) is 11.6 Å². The third-order valence-corrected chi connectivity index (χ3v) is 4.65. The molecular weight excluding hydrogens is 298 g/mol. The standard InChI is InChI=1S/C13H17NO6S/c1-7-5-9-6-10(3-4-11(9)20-7)21(18,19)14-12(8(2)15)13(16)17/h3-4,6-8,12,14-15H,5H2,1-2H3,(H,16,17)/t7?,8-,12-/m0/s1. The number of carboxylic acid groups (broad SMARTS) is 1. The lowest BCUT2D eigenvalue weighted by Crippen LogP contribution is -2.47. The van der Waals surface area contributed by atoms with Crippen LogP contribution < -0.4 is 9.46 Å². The number of benzene rings is 1. The number of nitrogens with one attached hydrogen (secondary N) is 1. The Morgan fingerprint density at radius 2 is 2.14 bits per heavy atom. The van der Waals surface area contributed by atoms with Gasteiger partial charge in [-0.15, -0.1) is 0 Å². The molecule has 116 valence electrons. The van der Waals surface area contributed by atoms with Crippen LogP contribution in [0.15, 0.2) is 23.1 Å². The van der Waals surface area contributed by atoms with Crippen LogP contribution in [0.4, 0.5) is 0 Å². The molecule has 7 nitrogen and oxygen atoms in total. The van der Waals surface area contributed by atoms with Gasteiger partial charge < -0.3 is 14.9 Å². The average molecular weight is 315 g/mol. The van der Waals surface area contributed by atoms with Gasteiger partial charge in [-0.3, -0.25) is 4.79 Å². The number of hydrogen-bond donors (Lipinski definition) is 3. The molecule has 1 unspecified atom stereocenters. The number of fused-ring (bicyclic) bond motifs is 1. The van der Waals surface area contributed by atoms with Gasteiger partial charge in [0.1, 0.15) is 17.9 Å². The molecule has 0 radical (unpaired) electrons. The quantitative estimate of drug-likeness (QED) is 0.711. The number of carboxylic acids is 1. The molecule has 8 heteroatoms. The normalized spacial score (nSPS) is 20.4. The summed E-state index contributed by atoms with van der Waals surface area (Å²) >= 11 is 0. The maximum absolute atomic E-state index is 12.2. The predicted molar refractivity (Wildman–Crippen MR) is 73.7 cm³/mol. The first-order chi connectivity index (χ1) is 9.70. The summed E-state index contributed by atoms with van der Waals surface area (Å²) in [6.07, 6.45) is -0.775. The highest BCUT2D eigenvalue weighted by Gasteiger charge is 2.30. The fourth-order valence-electron chi connectivity index (χ4n) is 2.16. The number of aliphatic carboxylic acids is 1. The van der Waals surface area contributed by atoms with Gasteiger partial charge in [0.2, 0.25) is 10.0 Å². The fourth-order valence-corrected chi connectivity index (χ4v) is 3.47. The Morgan fingerprint density at radius 1 is 1.48 bits per heavy atom. The first-order valence-electron chi connectivity index (χ1n) is 6.43. The van der Waals surface area contributed by atoms with Gasteiger partial charge in [0.25, 0.3) is 0 Å². The van der Waals surface area contributed by atoms with Gasteiger partial charge in [-0.05, 0) is 37.6 Å². The molecule has 1 aromatic carbocycles. The van der Waals surface area contributed by atoms with Crippen molar-refractivity contribution in [3.63, 3.8) is 0 Å². The van der Waals surface area contributed by atoms with Crippen LogP contribution >= 0.6 is 0 Å². The minimum Gasteiger partial charge on any atom is -0.490 e. The number of aliphatic hydroxyl groups excluding tert-OH is 1. The minimum absolute atomic E-state index is 0.0184. The summed E-state index contributed by atoms with van der Waals surface area (Å²) in [6.45, 7) is 3.08. The van der Waals surface area contributed by atoms with E-state index in [9.17, 15) is 18.3 Å². The lowest BCUT2D eigenvalue weighted by atomic mass is 10.1. The number of sulfonamides is 1. The molecular formula is C13H17NO6S. The number of rotatable bonds is 5. The van der Waals surface area contributed by atoms with E-state index in [4.69, 9.17) is 9.84 Å². The van der Waals surface area contributed by atoms with Crippen molar-refractivity contribution in [1.29, 1.82) is 0 Å². The molecule has 1 heterocycles. The van der Waals surface area contributed by atoms with Gasteiger partial charge in [0.05, 0.1) is 11.0 Å². The Hall–Kier alpha value is -1.64. The Labute approximate surface area is 122 Å². The monoisotopic (exact) mass is 315 g/mol. The van der Waals surface area contributed by atoms with Crippen molar-refractivity contribution in [3.8, 4) is 5.75 Å². The molecule has 21 heavy (non-hydrogen) atoms. The molecule has 3 atom stereocenters. The Balaban J connectivity index is 2.28. The highest BCUT2D eigenvalue weighted by Crippen LogP contribution is 2.30. The van der Waals surface area contributed by atoms with E-state index in [1.165, 1.54) is 19.1 Å². The van der Waals surface area contributed by atoms with E-state index >= 15 is 0 Å². The summed E-state index contributed by atoms with van der Waals surface area (Å²) < 4.78 is 31.9. The van der Waals surface area contributed by atoms with Crippen molar-refractivity contribution in [1.82, 2.24) is 4.72 Å². The molecule has 0 bridgehead atoms. The predicted octanol–water partition coefficient (Wildman–Crippen LogP) is 0.122. The van der Waals surface area contributed by atoms with Crippen LogP contribution in [0, 0.1) is 0 Å². The average Bonchev–Trinajstić information content (AvgIpc) is 2.74. The summed E-state index contributed by atoms with van der Waals surface area (Å²) in [7, 11) is -4.03. The van der Waals surface area contributed by atoms with Crippen molar-refractivity contribution in [2.24, 2.45) is 0 Å². The maximum Gasteiger partial charge on any atom is 0.324 e. The Bertz CT molecular complexity index is 655. The summed E-state index contributed by atoms with van der Waals surface area (Å²) in [5.41, 5.74) is 0.759. The lowest BCUT2D eigenvalue weighted by molar-refractivity contribution is -0.141. The number of ether oxygens (including phenoxy) is 1. The third kappa shape index (κ3) is 3.34. The molecule has 0 aromatic heterocycles. The topological polar surface area (TPSA) is 113 Å². The smallest absolute Gasteiger partial charge is 0.324 e. The molecule has 0 fully saturated rings. The largest absolute Gasteiger partial charge is 0.490 e. The SMILES string of the molecule is CC1Cc2cc(S(=O)(=O)N[C@H](C(=O)O)[C@H](C)O)ccc2O1. The van der Waals surface area contributed by atoms with E-state index in [0.717, 1.165) is 5.56 Å². The molecule has 1 aliphatic heterocycles. The van der Waals surface area contributed by atoms with E-state index in [-0.39, 0.29) is 11.0 Å². The summed E-state index contributed by atoms with van der Waals surface area (Å²) in [5, 5.41) is 18.3. The first kappa shape index (κ1) is 15.7. The van der Waals surface area contributed by atoms with Crippen molar-refractivity contribution in [2.75, 3.05) is 0 Å². The summed E-state index contributed by atoms with van der Waals surface area (Å²) in [4.78, 5) is 10.9. The molecule has 0 spiro atoms. The van der Waals surface area contributed by atoms with Crippen molar-refractivity contribution >= 4 is 16.0 Å². The molecule has 0 amide bonds. The van der Waals surface area contributed by atoms with Gasteiger partial charge in [-0.1, -0.05) is 0 Å². The van der Waals surface area contributed by atoms with Gasteiger partial charge in [-0.25, -0.2) is 8.42 Å². The van der Waals surface area contributed by atoms with Crippen LogP contribution in [0.3, 0.4) is 0 Å². The Morgan fingerprint density at radius 3 is 2.71 bits per heavy atom. The summed E-state index contributed by atoms with van der Waals surface area (Å²) in [5.74, 6) is -0.807. The molecule has 0 saturated heterocycles. The lowest BCUT2D eigenvalue weighted by Gasteiger charge is -2.17. The second-order valence-electron chi connectivity index (χ2n) is 5.08. The molecule has 1 aromatic rings. The summed E-state index contributed by atoms with van der Waals surface area (Å²) in [6, 6.07) is 2.76. The van der Waals surface area contributed by atoms with Crippen LogP contribution in [-0.2, 0) is 21.2 Å². The Kier molecular flexibility index (Phi) is 4.22. The van der Waals surface area contributed by atoms with Crippen LogP contribution in [0.5, 0.6) is 5.75 Å². The second-order valence-corrected chi connectivity index (χ2v) is 6.79. The van der Waals surface area contributed by atoms with Gasteiger partial charge in [-0.2, -0.15) is 4.72 Å². The maximum atomic E-state index is 12.2.